The lowest BCUT2D eigenvalue weighted by Crippen LogP contribution is -2.13. The molecule has 0 radical (unpaired) electrons. The van der Waals surface area contributed by atoms with E-state index in [0.717, 1.165) is 12.1 Å². The molecule has 0 aliphatic heterocycles. The van der Waals surface area contributed by atoms with Gasteiger partial charge in [-0.2, -0.15) is 13.2 Å². The molecule has 0 fully saturated rings. The van der Waals surface area contributed by atoms with Gasteiger partial charge in [0.15, 0.2) is 0 Å². The fourth-order valence-electron chi connectivity index (χ4n) is 2.88. The number of aromatic amines is 1. The van der Waals surface area contributed by atoms with Gasteiger partial charge in [0.2, 0.25) is 0 Å². The Balaban J connectivity index is 1.81. The molecule has 1 heterocycles. The lowest BCUT2D eigenvalue weighted by Gasteiger charge is -2.13. The van der Waals surface area contributed by atoms with Gasteiger partial charge in [0.25, 0.3) is 0 Å². The summed E-state index contributed by atoms with van der Waals surface area (Å²) in [5.41, 5.74) is -0.787. The van der Waals surface area contributed by atoms with Crippen LogP contribution in [0.25, 0.3) is 11.4 Å². The van der Waals surface area contributed by atoms with Crippen molar-refractivity contribution in [1.82, 2.24) is 9.97 Å². The quantitative estimate of drug-likeness (QED) is 0.254. The number of methoxy groups -OCH3 is 1. The number of nitrogens with zero attached hydrogens (tertiary/aromatic N) is 1. The van der Waals surface area contributed by atoms with Gasteiger partial charge in [-0.15, -0.1) is 0 Å². The van der Waals surface area contributed by atoms with Crippen molar-refractivity contribution in [2.45, 2.75) is 6.18 Å². The fourth-order valence-corrected chi connectivity index (χ4v) is 2.88. The first kappa shape index (κ1) is 26.7. The van der Waals surface area contributed by atoms with Gasteiger partial charge >= 0.3 is 12.1 Å². The summed E-state index contributed by atoms with van der Waals surface area (Å²) in [4.78, 5) is 18.3. The van der Waals surface area contributed by atoms with Crippen LogP contribution in [0.15, 0.2) is 42.6 Å². The average Bonchev–Trinajstić information content (AvgIpc) is 3.31. The van der Waals surface area contributed by atoms with Crippen LogP contribution in [0.1, 0.15) is 11.3 Å². The highest BCUT2D eigenvalue weighted by molar-refractivity contribution is 6.05. The predicted molar refractivity (Wildman–Crippen MR) is 119 cm³/mol. The molecule has 12 heteroatoms. The highest BCUT2D eigenvalue weighted by Crippen LogP contribution is 2.32. The second kappa shape index (κ2) is 12.1. The van der Waals surface area contributed by atoms with E-state index in [-0.39, 0.29) is 41.6 Å². The number of H-pyrrole nitrogens is 1. The number of amides is 1. The second-order valence-corrected chi connectivity index (χ2v) is 7.17. The van der Waals surface area contributed by atoms with E-state index in [9.17, 15) is 26.7 Å². The van der Waals surface area contributed by atoms with E-state index < -0.39 is 29.4 Å². The maximum atomic E-state index is 13.3. The zero-order chi connectivity index (χ0) is 26.1. The molecule has 0 spiro atoms. The number of ether oxygens (including phenoxy) is 3. The Kier molecular flexibility index (Phi) is 8.99. The summed E-state index contributed by atoms with van der Waals surface area (Å²) in [5.74, 6) is 2.08. The highest BCUT2D eigenvalue weighted by Gasteiger charge is 2.33. The number of imidazole rings is 1. The van der Waals surface area contributed by atoms with Gasteiger partial charge in [0.1, 0.15) is 35.5 Å². The largest absolute Gasteiger partial charge is 0.489 e. The van der Waals surface area contributed by atoms with Crippen LogP contribution >= 0.6 is 0 Å². The zero-order valence-corrected chi connectivity index (χ0v) is 18.8. The zero-order valence-electron chi connectivity index (χ0n) is 18.8. The molecule has 0 saturated heterocycles. The number of benzene rings is 2. The van der Waals surface area contributed by atoms with Crippen LogP contribution in [0.5, 0.6) is 5.75 Å². The van der Waals surface area contributed by atoms with Gasteiger partial charge in [0, 0.05) is 30.2 Å². The lowest BCUT2D eigenvalue weighted by molar-refractivity contribution is -0.140. The summed E-state index contributed by atoms with van der Waals surface area (Å²) < 4.78 is 81.2. The van der Waals surface area contributed by atoms with Gasteiger partial charge < -0.3 is 24.5 Å². The molecule has 36 heavy (non-hydrogen) atoms. The van der Waals surface area contributed by atoms with Crippen molar-refractivity contribution in [3.63, 3.8) is 0 Å². The molecule has 3 rings (SSSR count). The van der Waals surface area contributed by atoms with E-state index in [2.05, 4.69) is 27.1 Å². The number of hydrogen-bond acceptors (Lipinski definition) is 5. The Morgan fingerprint density at radius 1 is 1.06 bits per heavy atom. The summed E-state index contributed by atoms with van der Waals surface area (Å²) in [7, 11) is 1.53. The van der Waals surface area contributed by atoms with Gasteiger partial charge in [-0.1, -0.05) is 5.92 Å². The first-order chi connectivity index (χ1) is 17.2. The van der Waals surface area contributed by atoms with Crippen molar-refractivity contribution in [2.24, 2.45) is 0 Å². The monoisotopic (exact) mass is 509 g/mol. The normalized spacial score (nSPS) is 11.1. The Labute approximate surface area is 202 Å². The molecule has 2 N–H and O–H groups in total. The summed E-state index contributed by atoms with van der Waals surface area (Å²) >= 11 is 0. The van der Waals surface area contributed by atoms with E-state index in [1.165, 1.54) is 25.3 Å². The average molecular weight is 509 g/mol. The molecule has 0 aliphatic carbocycles. The third-order valence-corrected chi connectivity index (χ3v) is 4.48. The van der Waals surface area contributed by atoms with E-state index in [0.29, 0.717) is 25.5 Å². The fraction of sp³-hybridized carbons (Fsp3) is 0.250. The molecule has 2 aromatic carbocycles. The minimum absolute atomic E-state index is 0.0589. The third-order valence-electron chi connectivity index (χ3n) is 4.48. The minimum Gasteiger partial charge on any atom is -0.489 e. The van der Waals surface area contributed by atoms with Crippen molar-refractivity contribution < 1.29 is 41.0 Å². The molecule has 190 valence electrons. The summed E-state index contributed by atoms with van der Waals surface area (Å²) in [5, 5.41) is 2.47. The van der Waals surface area contributed by atoms with Gasteiger partial charge in [0.05, 0.1) is 31.7 Å². The molecule has 0 aliphatic rings. The number of carbonyl (C=O) groups is 1. The summed E-state index contributed by atoms with van der Waals surface area (Å²) in [6.45, 7) is 1.04. The number of alkyl halides is 3. The number of carbonyl (C=O) groups excluding carboxylic acids is 1. The van der Waals surface area contributed by atoms with Gasteiger partial charge in [-0.25, -0.2) is 13.8 Å². The van der Waals surface area contributed by atoms with Crippen LogP contribution in [0.2, 0.25) is 0 Å². The molecule has 0 unspecified atom stereocenters. The number of aromatic nitrogens is 2. The SMILES string of the molecule is COCCOCCOc1ccc(-c2ncc(C(F)(F)F)[nH]2)cc1NC(=O)C#Cc1cc(F)cc(F)c1. The first-order valence-electron chi connectivity index (χ1n) is 10.4. The highest BCUT2D eigenvalue weighted by atomic mass is 19.4. The van der Waals surface area contributed by atoms with Crippen LogP contribution < -0.4 is 10.1 Å². The third kappa shape index (κ3) is 7.79. The Bertz CT molecular complexity index is 1240. The Morgan fingerprint density at radius 2 is 1.78 bits per heavy atom. The number of nitrogens with one attached hydrogen (secondary N) is 2. The predicted octanol–water partition coefficient (Wildman–Crippen LogP) is 4.41. The van der Waals surface area contributed by atoms with Crippen LogP contribution in [0, 0.1) is 23.5 Å². The topological polar surface area (TPSA) is 85.5 Å². The lowest BCUT2D eigenvalue weighted by atomic mass is 10.1. The number of halogens is 5. The molecule has 7 nitrogen and oxygen atoms in total. The Morgan fingerprint density at radius 3 is 2.44 bits per heavy atom. The van der Waals surface area contributed by atoms with Crippen LogP contribution in [-0.4, -0.2) is 49.4 Å². The summed E-state index contributed by atoms with van der Waals surface area (Å²) in [6.07, 6.45) is -3.96. The van der Waals surface area contributed by atoms with E-state index in [1.807, 2.05) is 0 Å². The smallest absolute Gasteiger partial charge is 0.432 e. The summed E-state index contributed by atoms with van der Waals surface area (Å²) in [6, 6.07) is 6.82. The maximum Gasteiger partial charge on any atom is 0.432 e. The van der Waals surface area contributed by atoms with Crippen molar-refractivity contribution in [2.75, 3.05) is 38.9 Å². The molecule has 0 bridgehead atoms. The number of anilines is 1. The molecule has 1 amide bonds. The standard InChI is InChI=1S/C24H20F5N3O4/c1-34-6-7-35-8-9-36-20-4-3-16(23-30-14-21(32-23)24(27,28)29)12-19(20)31-22(33)5-2-15-10-17(25)13-18(26)11-15/h3-4,10-14H,6-9H2,1H3,(H,30,32)(H,31,33). The van der Waals surface area contributed by atoms with E-state index >= 15 is 0 Å². The first-order valence-corrected chi connectivity index (χ1v) is 10.4. The van der Waals surface area contributed by atoms with Gasteiger partial charge in [-0.05, 0) is 30.3 Å². The van der Waals surface area contributed by atoms with Crippen molar-refractivity contribution in [3.05, 3.63) is 65.5 Å². The molecular formula is C24H20F5N3O4. The van der Waals surface area contributed by atoms with Crippen LogP contribution in [0.4, 0.5) is 27.6 Å². The molecule has 0 saturated carbocycles. The molecular weight excluding hydrogens is 489 g/mol. The number of rotatable bonds is 9. The molecule has 0 atom stereocenters. The Hall–Kier alpha value is -3.95. The van der Waals surface area contributed by atoms with Crippen LogP contribution in [0.3, 0.4) is 0 Å². The molecule has 3 aromatic rings. The minimum atomic E-state index is -4.61. The van der Waals surface area contributed by atoms with Gasteiger partial charge in [-0.3, -0.25) is 4.79 Å². The van der Waals surface area contributed by atoms with Crippen molar-refractivity contribution in [3.8, 4) is 29.0 Å². The number of hydrogen-bond donors (Lipinski definition) is 2. The van der Waals surface area contributed by atoms with E-state index in [1.54, 1.807) is 0 Å². The van der Waals surface area contributed by atoms with Crippen molar-refractivity contribution in [1.29, 1.82) is 0 Å². The van der Waals surface area contributed by atoms with E-state index in [4.69, 9.17) is 14.2 Å². The molecule has 1 aromatic heterocycles. The second-order valence-electron chi connectivity index (χ2n) is 7.17. The van der Waals surface area contributed by atoms with Crippen LogP contribution in [-0.2, 0) is 20.4 Å². The maximum absolute atomic E-state index is 13.3. The van der Waals surface area contributed by atoms with Crippen molar-refractivity contribution >= 4 is 11.6 Å².